The number of pyridine rings is 3. The van der Waals surface area contributed by atoms with Crippen molar-refractivity contribution >= 4 is 39.2 Å². The number of H-pyrrole nitrogens is 2. The molecule has 0 unspecified atom stereocenters. The average molecular weight is 556 g/mol. The van der Waals surface area contributed by atoms with Gasteiger partial charge < -0.3 is 10.3 Å². The van der Waals surface area contributed by atoms with E-state index in [4.69, 9.17) is 0 Å². The normalized spacial score (nSPS) is 11.4. The van der Waals surface area contributed by atoms with Crippen LogP contribution in [0.2, 0.25) is 0 Å². The lowest BCUT2D eigenvalue weighted by atomic mass is 10.1. The Morgan fingerprint density at radius 2 is 1.73 bits per heavy atom. The summed E-state index contributed by atoms with van der Waals surface area (Å²) in [6.07, 6.45) is 7.36. The molecule has 0 bridgehead atoms. The molecule has 0 spiro atoms. The van der Waals surface area contributed by atoms with Gasteiger partial charge in [0.2, 0.25) is 0 Å². The molecule has 0 saturated carbocycles. The Balaban J connectivity index is 1.19. The van der Waals surface area contributed by atoms with Crippen molar-refractivity contribution in [1.82, 2.24) is 35.5 Å². The zero-order valence-electron chi connectivity index (χ0n) is 22.2. The number of hydrogen-bond donors (Lipinski definition) is 3. The molecule has 1 aromatic carbocycles. The number of hydrogen-bond acceptors (Lipinski definition) is 7. The number of rotatable bonds is 8. The molecule has 7 rings (SSSR count). The summed E-state index contributed by atoms with van der Waals surface area (Å²) in [6, 6.07) is 22.5. The number of nitrogens with one attached hydrogen (secondary N) is 3. The standard InChI is InChI=1S/C32H25N7OS/c1-19(40)28-7-8-29(41-28)24-9-10-35-31-25(24)13-27(37-31)30-26-12-23(18-36-32(26)39-38-30)22-11-21(16-34-17-22)15-33-14-20-5-3-2-4-6-20/h2-13,16-18,33H,14-15H2,1H3,(H,35,37)(H,36,38,39). The van der Waals surface area contributed by atoms with E-state index in [-0.39, 0.29) is 5.78 Å². The highest BCUT2D eigenvalue weighted by Gasteiger charge is 2.16. The molecule has 0 fully saturated rings. The second kappa shape index (κ2) is 10.5. The van der Waals surface area contributed by atoms with E-state index in [1.54, 1.807) is 13.1 Å². The van der Waals surface area contributed by atoms with Crippen molar-refractivity contribution in [3.63, 3.8) is 0 Å². The molecule has 0 aliphatic carbocycles. The molecule has 0 saturated heterocycles. The number of aromatic nitrogens is 6. The van der Waals surface area contributed by atoms with E-state index >= 15 is 0 Å². The van der Waals surface area contributed by atoms with Gasteiger partial charge in [-0.3, -0.25) is 14.9 Å². The number of benzene rings is 1. The van der Waals surface area contributed by atoms with Gasteiger partial charge in [-0.1, -0.05) is 30.3 Å². The minimum absolute atomic E-state index is 0.0673. The summed E-state index contributed by atoms with van der Waals surface area (Å²) in [5.74, 6) is 0.0673. The molecule has 41 heavy (non-hydrogen) atoms. The molecule has 3 N–H and O–H groups in total. The predicted molar refractivity (Wildman–Crippen MR) is 163 cm³/mol. The van der Waals surface area contributed by atoms with E-state index < -0.39 is 0 Å². The molecule has 9 heteroatoms. The van der Waals surface area contributed by atoms with E-state index in [9.17, 15) is 4.79 Å². The van der Waals surface area contributed by atoms with Gasteiger partial charge in [0.25, 0.3) is 0 Å². The first-order chi connectivity index (χ1) is 20.1. The zero-order valence-corrected chi connectivity index (χ0v) is 23.0. The summed E-state index contributed by atoms with van der Waals surface area (Å²) in [7, 11) is 0. The summed E-state index contributed by atoms with van der Waals surface area (Å²) >= 11 is 1.49. The van der Waals surface area contributed by atoms with E-state index in [0.29, 0.717) is 12.2 Å². The monoisotopic (exact) mass is 555 g/mol. The van der Waals surface area contributed by atoms with Gasteiger partial charge in [0.15, 0.2) is 11.4 Å². The fourth-order valence-corrected chi connectivity index (χ4v) is 5.94. The highest BCUT2D eigenvalue weighted by Crippen LogP contribution is 2.36. The molecule has 0 radical (unpaired) electrons. The third kappa shape index (κ3) is 4.93. The summed E-state index contributed by atoms with van der Waals surface area (Å²) in [5, 5.41) is 13.0. The molecule has 6 heterocycles. The van der Waals surface area contributed by atoms with Gasteiger partial charge in [-0.2, -0.15) is 5.10 Å². The summed E-state index contributed by atoms with van der Waals surface area (Å²) in [4.78, 5) is 30.7. The second-order valence-electron chi connectivity index (χ2n) is 9.89. The lowest BCUT2D eigenvalue weighted by molar-refractivity contribution is 0.102. The largest absolute Gasteiger partial charge is 0.338 e. The van der Waals surface area contributed by atoms with Gasteiger partial charge >= 0.3 is 0 Å². The topological polar surface area (TPSA) is 112 Å². The maximum absolute atomic E-state index is 11.9. The fraction of sp³-hybridized carbons (Fsp3) is 0.0938. The molecule has 200 valence electrons. The zero-order chi connectivity index (χ0) is 27.8. The fourth-order valence-electron chi connectivity index (χ4n) is 5.00. The molecule has 0 atom stereocenters. The summed E-state index contributed by atoms with van der Waals surface area (Å²) in [5.41, 5.74) is 8.42. The number of Topliss-reactive ketones (excluding diaryl/α,β-unsaturated/α-hetero) is 1. The van der Waals surface area contributed by atoms with Crippen LogP contribution in [0.5, 0.6) is 0 Å². The lowest BCUT2D eigenvalue weighted by Crippen LogP contribution is -2.12. The first-order valence-corrected chi connectivity index (χ1v) is 14.1. The van der Waals surface area contributed by atoms with Crippen LogP contribution in [-0.4, -0.2) is 35.9 Å². The van der Waals surface area contributed by atoms with E-state index in [1.807, 2.05) is 55.0 Å². The van der Waals surface area contributed by atoms with E-state index in [2.05, 4.69) is 65.8 Å². The number of aromatic amines is 2. The molecular weight excluding hydrogens is 530 g/mol. The molecule has 0 amide bonds. The maximum atomic E-state index is 11.9. The number of nitrogens with zero attached hydrogens (tertiary/aromatic N) is 4. The Morgan fingerprint density at radius 3 is 2.59 bits per heavy atom. The van der Waals surface area contributed by atoms with Crippen LogP contribution < -0.4 is 5.32 Å². The lowest BCUT2D eigenvalue weighted by Gasteiger charge is -2.07. The predicted octanol–water partition coefficient (Wildman–Crippen LogP) is 6.78. The summed E-state index contributed by atoms with van der Waals surface area (Å²) < 4.78 is 0. The quantitative estimate of drug-likeness (QED) is 0.178. The van der Waals surface area contributed by atoms with Crippen molar-refractivity contribution in [2.45, 2.75) is 20.0 Å². The smallest absolute Gasteiger partial charge is 0.181 e. The third-order valence-electron chi connectivity index (χ3n) is 7.06. The second-order valence-corrected chi connectivity index (χ2v) is 11.0. The van der Waals surface area contributed by atoms with Crippen molar-refractivity contribution in [3.05, 3.63) is 108 Å². The van der Waals surface area contributed by atoms with Gasteiger partial charge in [0, 0.05) is 70.2 Å². The van der Waals surface area contributed by atoms with Crippen LogP contribution >= 0.6 is 11.3 Å². The van der Waals surface area contributed by atoms with Gasteiger partial charge in [0.1, 0.15) is 5.65 Å². The van der Waals surface area contributed by atoms with Gasteiger partial charge in [0.05, 0.1) is 16.3 Å². The molecule has 8 nitrogen and oxygen atoms in total. The third-order valence-corrected chi connectivity index (χ3v) is 8.28. The highest BCUT2D eigenvalue weighted by atomic mass is 32.1. The van der Waals surface area contributed by atoms with Crippen molar-refractivity contribution in [1.29, 1.82) is 0 Å². The van der Waals surface area contributed by atoms with E-state index in [1.165, 1.54) is 16.9 Å². The summed E-state index contributed by atoms with van der Waals surface area (Å²) in [6.45, 7) is 3.10. The van der Waals surface area contributed by atoms with Gasteiger partial charge in [-0.25, -0.2) is 9.97 Å². The van der Waals surface area contributed by atoms with Crippen molar-refractivity contribution in [2.24, 2.45) is 0 Å². The van der Waals surface area contributed by atoms with E-state index in [0.717, 1.165) is 66.4 Å². The molecule has 0 aliphatic heterocycles. The van der Waals surface area contributed by atoms with Gasteiger partial charge in [-0.05, 0) is 54.4 Å². The average Bonchev–Trinajstić information content (AvgIpc) is 3.76. The Labute approximate surface area is 239 Å². The van der Waals surface area contributed by atoms with Crippen molar-refractivity contribution in [2.75, 3.05) is 0 Å². The molecule has 6 aromatic heterocycles. The Kier molecular flexibility index (Phi) is 6.42. The van der Waals surface area contributed by atoms with Crippen molar-refractivity contribution < 1.29 is 4.79 Å². The molecule has 7 aromatic rings. The molecule has 0 aliphatic rings. The van der Waals surface area contributed by atoms with Crippen LogP contribution in [0.1, 0.15) is 27.7 Å². The first kappa shape index (κ1) is 25.0. The van der Waals surface area contributed by atoms with Crippen LogP contribution in [0.25, 0.3) is 55.0 Å². The Bertz CT molecular complexity index is 2020. The maximum Gasteiger partial charge on any atom is 0.181 e. The van der Waals surface area contributed by atoms with Crippen LogP contribution in [-0.2, 0) is 13.1 Å². The molecular formula is C32H25N7OS. The Hall–Kier alpha value is -4.99. The van der Waals surface area contributed by atoms with Crippen LogP contribution in [0.3, 0.4) is 0 Å². The SMILES string of the molecule is CC(=O)c1ccc(-c2ccnc3[nH]c(-c4[nH]nc5ncc(-c6cncc(CNCc7ccccc7)c6)cc45)cc23)s1. The van der Waals surface area contributed by atoms with Crippen molar-refractivity contribution in [3.8, 4) is 33.0 Å². The highest BCUT2D eigenvalue weighted by molar-refractivity contribution is 7.17. The number of fused-ring (bicyclic) bond motifs is 2. The Morgan fingerprint density at radius 1 is 0.878 bits per heavy atom. The number of thiophene rings is 1. The number of carbonyl (C=O) groups is 1. The minimum Gasteiger partial charge on any atom is -0.338 e. The minimum atomic E-state index is 0.0673. The van der Waals surface area contributed by atoms with Gasteiger partial charge in [-0.15, -0.1) is 11.3 Å². The first-order valence-electron chi connectivity index (χ1n) is 13.2. The van der Waals surface area contributed by atoms with Crippen LogP contribution in [0.4, 0.5) is 0 Å². The van der Waals surface area contributed by atoms with Crippen LogP contribution in [0.15, 0.2) is 91.5 Å². The number of carbonyl (C=O) groups excluding carboxylic acids is 1. The van der Waals surface area contributed by atoms with Crippen LogP contribution in [0, 0.1) is 0 Å². The number of ketones is 1.